The van der Waals surface area contributed by atoms with Crippen molar-refractivity contribution in [3.05, 3.63) is 191 Å². The maximum Gasteiger partial charge on any atom is 1.00 e. The van der Waals surface area contributed by atoms with Crippen LogP contribution in [0, 0.1) is 22.7 Å². The predicted molar refractivity (Wildman–Crippen MR) is 248 cm³/mol. The molecule has 0 aliphatic heterocycles. The number of carboxylic acid groups (broad SMARTS) is 1. The Kier molecular flexibility index (Phi) is 22.7. The van der Waals surface area contributed by atoms with E-state index in [1.54, 1.807) is 48.5 Å². The fraction of sp³-hybridized carbons (Fsp3) is 0.208. The summed E-state index contributed by atoms with van der Waals surface area (Å²) in [5.74, 6) is -0.273. The topological polar surface area (TPSA) is 194 Å². The Bertz CT molecular complexity index is 2600. The Morgan fingerprint density at radius 2 is 0.868 bits per heavy atom. The van der Waals surface area contributed by atoms with Crippen LogP contribution in [0.3, 0.4) is 0 Å². The van der Waals surface area contributed by atoms with Gasteiger partial charge in [-0.1, -0.05) is 120 Å². The summed E-state index contributed by atoms with van der Waals surface area (Å²) in [7, 11) is 4.32. The molecule has 6 aromatic carbocycles. The Morgan fingerprint density at radius 1 is 0.515 bits per heavy atom. The van der Waals surface area contributed by atoms with E-state index in [-0.39, 0.29) is 55.6 Å². The Labute approximate surface area is 418 Å². The fourth-order valence-corrected chi connectivity index (χ4v) is 6.29. The largest absolute Gasteiger partial charge is 1.00 e. The van der Waals surface area contributed by atoms with E-state index in [0.29, 0.717) is 53.2 Å². The summed E-state index contributed by atoms with van der Waals surface area (Å²) in [6.07, 6.45) is -0.318. The van der Waals surface area contributed by atoms with E-state index in [0.717, 1.165) is 27.8 Å². The maximum atomic E-state index is 11.5. The molecular formula is C53H49N4NaO10. The van der Waals surface area contributed by atoms with Crippen LogP contribution < -0.4 is 53.6 Å². The van der Waals surface area contributed by atoms with Crippen molar-refractivity contribution in [3.63, 3.8) is 0 Å². The van der Waals surface area contributed by atoms with Crippen LogP contribution in [-0.2, 0) is 37.2 Å². The molecule has 0 saturated carbocycles. The van der Waals surface area contributed by atoms with Gasteiger partial charge in [-0.2, -0.15) is 10.5 Å². The van der Waals surface area contributed by atoms with Crippen LogP contribution in [0.1, 0.15) is 58.1 Å². The smallest absolute Gasteiger partial charge is 0.550 e. The Morgan fingerprint density at radius 3 is 1.21 bits per heavy atom. The summed E-state index contributed by atoms with van der Waals surface area (Å²) in [5, 5.41) is 37.3. The zero-order valence-corrected chi connectivity index (χ0v) is 40.3. The zero-order chi connectivity index (χ0) is 47.6. The van der Waals surface area contributed by atoms with Gasteiger partial charge >= 0.3 is 35.5 Å². The third-order valence-electron chi connectivity index (χ3n) is 9.87. The average Bonchev–Trinajstić information content (AvgIpc) is 3.37. The molecule has 6 aromatic rings. The Balaban J connectivity index is 0.000000292. The molecule has 0 bridgehead atoms. The molecule has 6 rings (SSSR count). The normalized spacial score (nSPS) is 11.6. The SMILES string of the molecule is CO/N=C(\COc1ccc(COc2ccc(C(C#N)CC(=O)OC)cc2)cc1)c1ccccc1.CO/N=C(\COc1ccc(COc2ccc(C(C#N)CC(=O)[O-])cc2)cc1)c1ccccc1.[Na+]. The van der Waals surface area contributed by atoms with Gasteiger partial charge in [-0.25, -0.2) is 0 Å². The van der Waals surface area contributed by atoms with E-state index in [2.05, 4.69) is 21.1 Å². The molecule has 0 N–H and O–H groups in total. The quantitative estimate of drug-likeness (QED) is 0.0369. The van der Waals surface area contributed by atoms with Gasteiger partial charge in [-0.05, 0) is 70.8 Å². The van der Waals surface area contributed by atoms with Crippen LogP contribution in [0.25, 0.3) is 0 Å². The van der Waals surface area contributed by atoms with Crippen molar-refractivity contribution >= 4 is 23.4 Å². The average molecular weight is 925 g/mol. The molecule has 0 aliphatic carbocycles. The summed E-state index contributed by atoms with van der Waals surface area (Å²) >= 11 is 0. The number of hydrogen-bond acceptors (Lipinski definition) is 14. The van der Waals surface area contributed by atoms with E-state index in [4.69, 9.17) is 33.9 Å². The number of esters is 1. The molecule has 68 heavy (non-hydrogen) atoms. The molecule has 0 amide bonds. The first-order chi connectivity index (χ1) is 32.7. The van der Waals surface area contributed by atoms with Crippen LogP contribution in [0.5, 0.6) is 23.0 Å². The molecule has 15 heteroatoms. The summed E-state index contributed by atoms with van der Waals surface area (Å²) in [6.45, 7) is 1.27. The first kappa shape index (κ1) is 53.0. The number of hydrogen-bond donors (Lipinski definition) is 0. The molecule has 0 radical (unpaired) electrons. The number of ether oxygens (including phenoxy) is 5. The molecule has 0 saturated heterocycles. The molecule has 0 heterocycles. The number of methoxy groups -OCH3 is 1. The van der Waals surface area contributed by atoms with E-state index >= 15 is 0 Å². The van der Waals surface area contributed by atoms with Gasteiger partial charge in [-0.15, -0.1) is 0 Å². The third kappa shape index (κ3) is 17.6. The van der Waals surface area contributed by atoms with E-state index in [9.17, 15) is 20.0 Å². The first-order valence-corrected chi connectivity index (χ1v) is 21.0. The van der Waals surface area contributed by atoms with Crippen molar-refractivity contribution < 1.29 is 77.6 Å². The number of carboxylic acids is 1. The van der Waals surface area contributed by atoms with Crippen LogP contribution in [-0.4, -0.2) is 57.9 Å². The summed E-state index contributed by atoms with van der Waals surface area (Å²) in [4.78, 5) is 32.1. The minimum Gasteiger partial charge on any atom is -0.550 e. The monoisotopic (exact) mass is 924 g/mol. The van der Waals surface area contributed by atoms with Gasteiger partial charge in [0.05, 0.1) is 37.5 Å². The van der Waals surface area contributed by atoms with Gasteiger partial charge in [-0.3, -0.25) is 4.79 Å². The molecule has 2 unspecified atom stereocenters. The molecular weight excluding hydrogens is 876 g/mol. The molecule has 2 atom stereocenters. The van der Waals surface area contributed by atoms with Crippen molar-refractivity contribution in [2.45, 2.75) is 37.9 Å². The number of carbonyl (C=O) groups excluding carboxylic acids is 2. The number of nitrogens with zero attached hydrogens (tertiary/aromatic N) is 4. The van der Waals surface area contributed by atoms with Crippen LogP contribution in [0.15, 0.2) is 168 Å². The van der Waals surface area contributed by atoms with Crippen molar-refractivity contribution in [2.75, 3.05) is 34.5 Å². The van der Waals surface area contributed by atoms with Gasteiger partial charge in [0.15, 0.2) is 0 Å². The number of benzene rings is 6. The standard InChI is InChI=1S/C27H26N2O5.C26H24N2O5.Na/c1-31-27(30)16-23(17-28)21-10-14-25(15-11-21)33-18-20-8-12-24(13-9-20)34-19-26(29-32-2)22-6-4-3-5-7-22;1-31-28-25(21-5-3-2-4-6-21)18-33-23-11-7-19(8-12-23)17-32-24-13-9-20(10-14-24)22(16-27)15-26(29)30;/h3-15,23H,16,18-19H2,1-2H3;2-14,22H,15,17-18H2,1H3,(H,29,30);/q;;+1/p-1/b29-26+;28-25+;. The molecule has 0 spiro atoms. The van der Waals surface area contributed by atoms with Crippen LogP contribution in [0.4, 0.5) is 0 Å². The van der Waals surface area contributed by atoms with Gasteiger partial charge in [0.2, 0.25) is 0 Å². The molecule has 0 aromatic heterocycles. The van der Waals surface area contributed by atoms with Gasteiger partial charge in [0.25, 0.3) is 0 Å². The van der Waals surface area contributed by atoms with E-state index < -0.39 is 23.8 Å². The molecule has 342 valence electrons. The number of carbonyl (C=O) groups is 2. The van der Waals surface area contributed by atoms with Gasteiger partial charge in [0.1, 0.15) is 75.1 Å². The summed E-state index contributed by atoms with van der Waals surface area (Å²) < 4.78 is 28.0. The van der Waals surface area contributed by atoms with Crippen molar-refractivity contribution in [2.24, 2.45) is 10.3 Å². The maximum absolute atomic E-state index is 11.5. The number of aliphatic carboxylic acids is 1. The minimum absolute atomic E-state index is 0. The van der Waals surface area contributed by atoms with Gasteiger partial charge < -0.3 is 43.3 Å². The van der Waals surface area contributed by atoms with Crippen molar-refractivity contribution in [1.82, 2.24) is 0 Å². The molecule has 14 nitrogen and oxygen atoms in total. The fourth-order valence-electron chi connectivity index (χ4n) is 6.29. The van der Waals surface area contributed by atoms with Crippen molar-refractivity contribution in [3.8, 4) is 35.1 Å². The predicted octanol–water partition coefficient (Wildman–Crippen LogP) is 5.31. The zero-order valence-electron chi connectivity index (χ0n) is 38.3. The van der Waals surface area contributed by atoms with Gasteiger partial charge in [0, 0.05) is 23.5 Å². The molecule has 0 aliphatic rings. The number of rotatable bonds is 22. The third-order valence-corrected chi connectivity index (χ3v) is 9.87. The molecule has 0 fully saturated rings. The second kappa shape index (κ2) is 29.1. The second-order valence-corrected chi connectivity index (χ2v) is 14.5. The number of nitriles is 2. The first-order valence-electron chi connectivity index (χ1n) is 21.0. The van der Waals surface area contributed by atoms with E-state index in [1.807, 2.05) is 115 Å². The van der Waals surface area contributed by atoms with Crippen molar-refractivity contribution in [1.29, 1.82) is 10.5 Å². The second-order valence-electron chi connectivity index (χ2n) is 14.5. The summed E-state index contributed by atoms with van der Waals surface area (Å²) in [6, 6.07) is 52.6. The number of oxime groups is 2. The van der Waals surface area contributed by atoms with E-state index in [1.165, 1.54) is 21.3 Å². The van der Waals surface area contributed by atoms with Crippen LogP contribution >= 0.6 is 0 Å². The minimum atomic E-state index is -1.25. The van der Waals surface area contributed by atoms with Crippen LogP contribution in [0.2, 0.25) is 0 Å². The summed E-state index contributed by atoms with van der Waals surface area (Å²) in [5.41, 5.74) is 6.54. The Hall–Kier alpha value is -7.62.